The molecule has 2 saturated heterocycles. The number of carbonyl (C=O) groups is 2. The predicted octanol–water partition coefficient (Wildman–Crippen LogP) is 1.45. The van der Waals surface area contributed by atoms with E-state index in [1.165, 1.54) is 53.7 Å². The predicted molar refractivity (Wildman–Crippen MR) is 307 cm³/mol. The number of halogens is 2. The Bertz CT molecular complexity index is 2730. The minimum Gasteiger partial charge on any atom is -0.481 e. The molecule has 14 N–H and O–H groups in total. The largest absolute Gasteiger partial charge is 0.481 e. The minimum absolute atomic E-state index is 0.0556. The zero-order valence-electron chi connectivity index (χ0n) is 48.9. The van der Waals surface area contributed by atoms with Crippen LogP contribution in [0.15, 0.2) is 129 Å². The van der Waals surface area contributed by atoms with Crippen LogP contribution in [-0.2, 0) is 47.2 Å². The van der Waals surface area contributed by atoms with Gasteiger partial charge >= 0.3 is 11.9 Å². The molecular formula is C60H85F2N7O18. The van der Waals surface area contributed by atoms with Crippen LogP contribution in [0, 0.1) is 29.4 Å². The highest BCUT2D eigenvalue weighted by atomic mass is 19.1. The maximum Gasteiger partial charge on any atom is 0.311 e. The van der Waals surface area contributed by atoms with Crippen LogP contribution in [0.2, 0.25) is 0 Å². The first-order valence-corrected chi connectivity index (χ1v) is 28.7. The molecule has 0 radical (unpaired) electrons. The van der Waals surface area contributed by atoms with Crippen LogP contribution in [0.4, 0.5) is 8.78 Å². The van der Waals surface area contributed by atoms with Gasteiger partial charge in [-0.2, -0.15) is 10.2 Å². The molecule has 0 aliphatic carbocycles. The van der Waals surface area contributed by atoms with E-state index in [1.807, 2.05) is 19.1 Å². The van der Waals surface area contributed by atoms with Gasteiger partial charge in [0.2, 0.25) is 0 Å². The molecule has 2 aromatic heterocycles. The Hall–Kier alpha value is -6.12. The van der Waals surface area contributed by atoms with Crippen LogP contribution >= 0.6 is 0 Å². The Labute approximate surface area is 503 Å². The van der Waals surface area contributed by atoms with Gasteiger partial charge in [0.25, 0.3) is 0 Å². The monoisotopic (exact) mass is 1230 g/mol. The molecule has 0 spiro atoms. The van der Waals surface area contributed by atoms with Crippen molar-refractivity contribution in [1.29, 1.82) is 0 Å². The van der Waals surface area contributed by atoms with Crippen molar-refractivity contribution in [2.45, 2.75) is 195 Å². The van der Waals surface area contributed by atoms with Gasteiger partial charge in [0.05, 0.1) is 92.7 Å². The van der Waals surface area contributed by atoms with Gasteiger partial charge in [-0.25, -0.2) is 28.1 Å². The second-order valence-corrected chi connectivity index (χ2v) is 22.4. The molecule has 3 aliphatic rings. The Morgan fingerprint density at radius 2 is 1.29 bits per heavy atom. The van der Waals surface area contributed by atoms with Gasteiger partial charge in [0.15, 0.2) is 12.1 Å². The van der Waals surface area contributed by atoms with Crippen molar-refractivity contribution < 1.29 is 98.6 Å². The molecule has 5 heterocycles. The van der Waals surface area contributed by atoms with E-state index in [0.29, 0.717) is 0 Å². The SMILES string of the molecule is C[C@@H]1[C@H](O)[C@@H](C)\C=C/C=C\C=C/C=C\C=C/C=C\C=C/[C@H](O[C@@H]2O[C@H](C)[C@@H](O)[C@H](N)[C@@H]2O)C[C@@H]2O[C@](O)(C[C@@H](O)C[C@@H](O)[C@H](O)CC[C@@H](O)C[C@@H](O)CC(=O)O[C@H]1C)C[C@H](O)[C@H]2C(=O)O.OC(Cn1cncn1)(Cn1cncn1)c1ccc(F)cc1F. The second-order valence-electron chi connectivity index (χ2n) is 22.4. The molecule has 2 fully saturated rings. The van der Waals surface area contributed by atoms with E-state index in [0.717, 1.165) is 12.1 Å². The van der Waals surface area contributed by atoms with Gasteiger partial charge in [-0.15, -0.1) is 0 Å². The minimum atomic E-state index is -2.33. The van der Waals surface area contributed by atoms with Crippen molar-refractivity contribution in [3.8, 4) is 0 Å². The molecule has 0 unspecified atom stereocenters. The summed E-state index contributed by atoms with van der Waals surface area (Å²) in [5.41, 5.74) is 4.27. The summed E-state index contributed by atoms with van der Waals surface area (Å²) >= 11 is 0. The first-order valence-electron chi connectivity index (χ1n) is 28.7. The lowest BCUT2D eigenvalue weighted by molar-refractivity contribution is -0.308. The Kier molecular flexibility index (Phi) is 28.5. The number of carboxylic acids is 1. The number of fused-ring (bicyclic) bond motifs is 2. The van der Waals surface area contributed by atoms with Crippen LogP contribution < -0.4 is 5.73 Å². The van der Waals surface area contributed by atoms with E-state index in [-0.39, 0.29) is 50.3 Å². The summed E-state index contributed by atoms with van der Waals surface area (Å²) in [7, 11) is 0. The van der Waals surface area contributed by atoms with Crippen molar-refractivity contribution >= 4 is 11.9 Å². The maximum absolute atomic E-state index is 14.1. The quantitative estimate of drug-likeness (QED) is 0.142. The summed E-state index contributed by atoms with van der Waals surface area (Å²) in [6, 6.07) is 1.87. The fraction of sp³-hybridized carbons (Fsp3) is 0.567. The third kappa shape index (κ3) is 22.8. The number of nitrogens with two attached hydrogens (primary N) is 1. The number of nitrogens with zero attached hydrogens (tertiary/aromatic N) is 6. The van der Waals surface area contributed by atoms with E-state index in [1.54, 1.807) is 80.7 Å². The van der Waals surface area contributed by atoms with Crippen LogP contribution in [-0.4, -0.2) is 200 Å². The number of aliphatic carboxylic acids is 1. The van der Waals surface area contributed by atoms with Crippen LogP contribution in [0.5, 0.6) is 0 Å². The number of hydrogen-bond donors (Lipinski definition) is 13. The van der Waals surface area contributed by atoms with Gasteiger partial charge in [0, 0.05) is 49.1 Å². The molecule has 482 valence electrons. The molecular weight excluding hydrogens is 1140 g/mol. The molecule has 19 atom stereocenters. The Morgan fingerprint density at radius 1 is 0.713 bits per heavy atom. The molecule has 0 amide bonds. The lowest BCUT2D eigenvalue weighted by atomic mass is 9.82. The Morgan fingerprint density at radius 3 is 1.84 bits per heavy atom. The molecule has 3 aromatic rings. The number of hydrogen-bond acceptors (Lipinski definition) is 22. The standard InChI is InChI=1S/C47H73NO17.C13H12F2N6O/c1-27-17-15-13-11-9-7-5-6-8-10-12-14-16-18-34(64-46-44(58)41(48)43(57)30(4)63-46)24-38-40(45(59)60)37(54)26-47(61,65-38)25-33(51)22-36(53)35(52)20-19-31(49)21-32(50)23-39(55)62-29(3)28(2)42(27)56;14-10-1-2-11(12(15)3-10)13(22,4-20-8-16-6-18-20)5-21-9-17-7-19-21/h5-18,27-38,40-44,46,49-54,56-58,61H,19-26,48H2,1-4H3,(H,59,60);1-3,6-9,22H,4-5H2/b6-5-,9-7-,10-8-,13-11-,14-12-,17-15-,18-16-;/t27-,28-,29-,30+,31+,32+,33-,34-,35+,36+,37-,38-,40+,41-,42+,43+,44-,46-,47+;/m0./s1. The van der Waals surface area contributed by atoms with E-state index < -0.39 is 164 Å². The lowest BCUT2D eigenvalue weighted by Crippen LogP contribution is -2.61. The van der Waals surface area contributed by atoms with Crippen molar-refractivity contribution in [1.82, 2.24) is 29.5 Å². The fourth-order valence-corrected chi connectivity index (χ4v) is 10.2. The number of carbonyl (C=O) groups excluding carboxylic acids is 1. The summed E-state index contributed by atoms with van der Waals surface area (Å²) in [6.45, 7) is 6.59. The third-order valence-electron chi connectivity index (χ3n) is 15.2. The molecule has 87 heavy (non-hydrogen) atoms. The molecule has 6 rings (SSSR count). The summed E-state index contributed by atoms with van der Waals surface area (Å²) in [5, 5.41) is 137. The normalized spacial score (nSPS) is 37.0. The van der Waals surface area contributed by atoms with Gasteiger partial charge < -0.3 is 86.0 Å². The maximum atomic E-state index is 14.1. The molecule has 0 saturated carbocycles. The number of aliphatic hydroxyl groups excluding tert-OH is 9. The highest BCUT2D eigenvalue weighted by molar-refractivity contribution is 5.71. The van der Waals surface area contributed by atoms with Crippen molar-refractivity contribution in [3.63, 3.8) is 0 Å². The van der Waals surface area contributed by atoms with Gasteiger partial charge in [-0.1, -0.05) is 105 Å². The molecule has 2 bridgehead atoms. The Balaban J connectivity index is 0.000000518. The first-order chi connectivity index (χ1) is 41.2. The molecule has 25 nitrogen and oxygen atoms in total. The number of esters is 1. The number of rotatable bonds is 8. The third-order valence-corrected chi connectivity index (χ3v) is 15.2. The zero-order valence-corrected chi connectivity index (χ0v) is 48.9. The van der Waals surface area contributed by atoms with E-state index >= 15 is 0 Å². The van der Waals surface area contributed by atoms with Crippen molar-refractivity contribution in [2.75, 3.05) is 0 Å². The molecule has 1 aromatic carbocycles. The van der Waals surface area contributed by atoms with E-state index in [4.69, 9.17) is 24.7 Å². The summed E-state index contributed by atoms with van der Waals surface area (Å²) in [4.78, 5) is 32.6. The van der Waals surface area contributed by atoms with Gasteiger partial charge in [-0.3, -0.25) is 9.59 Å². The highest BCUT2D eigenvalue weighted by Crippen LogP contribution is 2.38. The topological polar surface area (TPSA) is 401 Å². The van der Waals surface area contributed by atoms with Crippen molar-refractivity contribution in [3.05, 3.63) is 146 Å². The summed E-state index contributed by atoms with van der Waals surface area (Å²) in [5.74, 6) is -8.39. The average molecular weight is 1230 g/mol. The zero-order chi connectivity index (χ0) is 64.0. The van der Waals surface area contributed by atoms with Crippen LogP contribution in [0.1, 0.15) is 84.6 Å². The number of carboxylic acid groups (broad SMARTS) is 1. The summed E-state index contributed by atoms with van der Waals surface area (Å²) in [6.07, 6.45) is 8.86. The van der Waals surface area contributed by atoms with Crippen molar-refractivity contribution in [2.24, 2.45) is 23.5 Å². The lowest BCUT2D eigenvalue weighted by Gasteiger charge is -2.45. The smallest absolute Gasteiger partial charge is 0.311 e. The van der Waals surface area contributed by atoms with Crippen LogP contribution in [0.3, 0.4) is 0 Å². The number of aliphatic hydroxyl groups is 11. The average Bonchev–Trinajstić information content (AvgIpc) is 4.15. The van der Waals surface area contributed by atoms with Gasteiger partial charge in [0.1, 0.15) is 60.7 Å². The van der Waals surface area contributed by atoms with E-state index in [9.17, 15) is 79.6 Å². The second kappa shape index (κ2) is 34.6. The number of allylic oxidation sites excluding steroid dienone is 12. The first kappa shape index (κ1) is 71.6. The highest BCUT2D eigenvalue weighted by Gasteiger charge is 2.51. The number of aromatic nitrogens is 6. The van der Waals surface area contributed by atoms with E-state index in [2.05, 4.69) is 20.2 Å². The number of benzene rings is 1. The van der Waals surface area contributed by atoms with Crippen LogP contribution in [0.25, 0.3) is 0 Å². The molecule has 27 heteroatoms. The molecule has 3 aliphatic heterocycles. The number of cyclic esters (lactones) is 1. The fourth-order valence-electron chi connectivity index (χ4n) is 10.2. The summed E-state index contributed by atoms with van der Waals surface area (Å²) < 4.78 is 53.1. The number of ether oxygens (including phenoxy) is 4. The van der Waals surface area contributed by atoms with Gasteiger partial charge in [-0.05, 0) is 39.2 Å².